The van der Waals surface area contributed by atoms with E-state index in [1.807, 2.05) is 0 Å². The third-order valence-corrected chi connectivity index (χ3v) is 5.61. The molecule has 1 amide bonds. The Morgan fingerprint density at radius 1 is 1.18 bits per heavy atom. The predicted molar refractivity (Wildman–Crippen MR) is 105 cm³/mol. The SMILES string of the molecule is CN(C)C(=O)Cn1ccc2cc(NS(=O)(=O)c3ccccc3[N+](=O)[O-])ccc21. The minimum Gasteiger partial charge on any atom is -0.347 e. The van der Waals surface area contributed by atoms with Gasteiger partial charge in [-0.1, -0.05) is 12.1 Å². The number of carbonyl (C=O) groups is 1. The second-order valence-electron chi connectivity index (χ2n) is 6.34. The predicted octanol–water partition coefficient (Wildman–Crippen LogP) is 2.44. The molecule has 0 radical (unpaired) electrons. The van der Waals surface area contributed by atoms with Gasteiger partial charge in [-0.2, -0.15) is 0 Å². The van der Waals surface area contributed by atoms with Crippen molar-refractivity contribution in [2.45, 2.75) is 11.4 Å². The highest BCUT2D eigenvalue weighted by molar-refractivity contribution is 7.92. The van der Waals surface area contributed by atoms with Crippen molar-refractivity contribution in [1.29, 1.82) is 0 Å². The van der Waals surface area contributed by atoms with Gasteiger partial charge in [0.2, 0.25) is 5.91 Å². The summed E-state index contributed by atoms with van der Waals surface area (Å²) in [6, 6.07) is 11.8. The molecule has 0 saturated carbocycles. The van der Waals surface area contributed by atoms with E-state index >= 15 is 0 Å². The Bertz CT molecular complexity index is 1170. The van der Waals surface area contributed by atoms with Gasteiger partial charge < -0.3 is 9.47 Å². The highest BCUT2D eigenvalue weighted by atomic mass is 32.2. The average Bonchev–Trinajstić information content (AvgIpc) is 3.03. The fraction of sp³-hybridized carbons (Fsp3) is 0.167. The number of sulfonamides is 1. The van der Waals surface area contributed by atoms with Crippen LogP contribution in [0.2, 0.25) is 0 Å². The number of rotatable bonds is 6. The minimum atomic E-state index is -4.14. The molecular weight excluding hydrogens is 384 g/mol. The Morgan fingerprint density at radius 2 is 1.89 bits per heavy atom. The lowest BCUT2D eigenvalue weighted by Gasteiger charge is -2.12. The first-order chi connectivity index (χ1) is 13.2. The third-order valence-electron chi connectivity index (χ3n) is 4.18. The van der Waals surface area contributed by atoms with Crippen LogP contribution in [0.3, 0.4) is 0 Å². The molecule has 0 unspecified atom stereocenters. The largest absolute Gasteiger partial charge is 0.347 e. The molecule has 1 N–H and O–H groups in total. The second-order valence-corrected chi connectivity index (χ2v) is 7.99. The van der Waals surface area contributed by atoms with Gasteiger partial charge in [-0.25, -0.2) is 8.42 Å². The summed E-state index contributed by atoms with van der Waals surface area (Å²) in [7, 11) is -0.800. The molecule has 0 aliphatic carbocycles. The van der Waals surface area contributed by atoms with Crippen LogP contribution in [0, 0.1) is 10.1 Å². The molecule has 146 valence electrons. The van der Waals surface area contributed by atoms with Gasteiger partial charge >= 0.3 is 0 Å². The van der Waals surface area contributed by atoms with Crippen molar-refractivity contribution in [3.8, 4) is 0 Å². The molecule has 2 aromatic carbocycles. The highest BCUT2D eigenvalue weighted by Crippen LogP contribution is 2.27. The van der Waals surface area contributed by atoms with Crippen molar-refractivity contribution in [3.05, 3.63) is 64.8 Å². The van der Waals surface area contributed by atoms with E-state index in [9.17, 15) is 23.3 Å². The molecule has 0 atom stereocenters. The topological polar surface area (TPSA) is 115 Å². The number of carbonyl (C=O) groups excluding carboxylic acids is 1. The first-order valence-electron chi connectivity index (χ1n) is 8.24. The Kier molecular flexibility index (Phi) is 5.06. The molecule has 0 bridgehead atoms. The summed E-state index contributed by atoms with van der Waals surface area (Å²) in [5.41, 5.74) is 0.538. The summed E-state index contributed by atoms with van der Waals surface area (Å²) in [5, 5.41) is 11.8. The van der Waals surface area contributed by atoms with Crippen LogP contribution in [-0.2, 0) is 21.4 Å². The number of fused-ring (bicyclic) bond motifs is 1. The minimum absolute atomic E-state index is 0.0707. The zero-order valence-electron chi connectivity index (χ0n) is 15.2. The molecule has 0 aliphatic rings. The van der Waals surface area contributed by atoms with Gasteiger partial charge in [0.05, 0.1) is 4.92 Å². The van der Waals surface area contributed by atoms with Crippen LogP contribution < -0.4 is 4.72 Å². The molecule has 0 saturated heterocycles. The molecule has 1 aromatic heterocycles. The van der Waals surface area contributed by atoms with Gasteiger partial charge in [-0.15, -0.1) is 0 Å². The van der Waals surface area contributed by atoms with Crippen LogP contribution >= 0.6 is 0 Å². The summed E-state index contributed by atoms with van der Waals surface area (Å²) < 4.78 is 29.4. The number of nitro groups is 1. The van der Waals surface area contributed by atoms with E-state index in [-0.39, 0.29) is 18.1 Å². The number of aromatic nitrogens is 1. The number of para-hydroxylation sites is 1. The number of hydrogen-bond donors (Lipinski definition) is 1. The molecule has 3 rings (SSSR count). The second kappa shape index (κ2) is 7.31. The zero-order valence-corrected chi connectivity index (χ0v) is 16.0. The number of anilines is 1. The van der Waals surface area contributed by atoms with Crippen molar-refractivity contribution in [1.82, 2.24) is 9.47 Å². The summed E-state index contributed by atoms with van der Waals surface area (Å²) in [6.07, 6.45) is 1.74. The monoisotopic (exact) mass is 402 g/mol. The molecule has 3 aromatic rings. The maximum atomic E-state index is 12.6. The van der Waals surface area contributed by atoms with E-state index in [1.54, 1.807) is 49.1 Å². The van der Waals surface area contributed by atoms with Gasteiger partial charge in [0.25, 0.3) is 15.7 Å². The Balaban J connectivity index is 1.91. The normalized spacial score (nSPS) is 11.4. The van der Waals surface area contributed by atoms with Crippen molar-refractivity contribution < 1.29 is 18.1 Å². The summed E-state index contributed by atoms with van der Waals surface area (Å²) in [4.78, 5) is 23.4. The van der Waals surface area contributed by atoms with Gasteiger partial charge in [0.15, 0.2) is 4.90 Å². The Hall–Kier alpha value is -3.40. The number of benzene rings is 2. The van der Waals surface area contributed by atoms with Crippen LogP contribution in [0.5, 0.6) is 0 Å². The molecule has 9 nitrogen and oxygen atoms in total. The summed E-state index contributed by atoms with van der Waals surface area (Å²) in [6.45, 7) is 0.164. The molecule has 0 fully saturated rings. The molecule has 0 aliphatic heterocycles. The Morgan fingerprint density at radius 3 is 2.57 bits per heavy atom. The lowest BCUT2D eigenvalue weighted by molar-refractivity contribution is -0.387. The zero-order chi connectivity index (χ0) is 20.5. The van der Waals surface area contributed by atoms with E-state index in [0.29, 0.717) is 0 Å². The summed E-state index contributed by atoms with van der Waals surface area (Å²) in [5.74, 6) is -0.0707. The molecule has 1 heterocycles. The molecule has 10 heteroatoms. The average molecular weight is 402 g/mol. The highest BCUT2D eigenvalue weighted by Gasteiger charge is 2.25. The van der Waals surface area contributed by atoms with Crippen molar-refractivity contribution in [3.63, 3.8) is 0 Å². The van der Waals surface area contributed by atoms with E-state index < -0.39 is 25.5 Å². The maximum absolute atomic E-state index is 12.6. The standard InChI is InChI=1S/C18H18N4O5S/c1-20(2)18(23)12-21-10-9-13-11-14(7-8-15(13)21)19-28(26,27)17-6-4-3-5-16(17)22(24)25/h3-11,19H,12H2,1-2H3. The van der Waals surface area contributed by atoms with Crippen LogP contribution in [0.25, 0.3) is 10.9 Å². The number of nitro benzene ring substituents is 1. The van der Waals surface area contributed by atoms with E-state index in [2.05, 4.69) is 4.72 Å². The molecule has 28 heavy (non-hydrogen) atoms. The van der Waals surface area contributed by atoms with Gasteiger partial charge in [0, 0.05) is 42.9 Å². The van der Waals surface area contributed by atoms with Crippen molar-refractivity contribution in [2.24, 2.45) is 0 Å². The van der Waals surface area contributed by atoms with Gasteiger partial charge in [-0.3, -0.25) is 19.6 Å². The van der Waals surface area contributed by atoms with Crippen molar-refractivity contribution >= 4 is 38.2 Å². The van der Waals surface area contributed by atoms with Crippen LogP contribution in [0.1, 0.15) is 0 Å². The van der Waals surface area contributed by atoms with Crippen LogP contribution in [0.15, 0.2) is 59.6 Å². The van der Waals surface area contributed by atoms with E-state index in [4.69, 9.17) is 0 Å². The van der Waals surface area contributed by atoms with Crippen LogP contribution in [0.4, 0.5) is 11.4 Å². The fourth-order valence-electron chi connectivity index (χ4n) is 2.73. The van der Waals surface area contributed by atoms with E-state index in [1.165, 1.54) is 23.1 Å². The number of hydrogen-bond acceptors (Lipinski definition) is 5. The van der Waals surface area contributed by atoms with Gasteiger partial charge in [0.1, 0.15) is 6.54 Å². The van der Waals surface area contributed by atoms with E-state index in [0.717, 1.165) is 17.0 Å². The molecular formula is C18H18N4O5S. The quantitative estimate of drug-likeness (QED) is 0.502. The van der Waals surface area contributed by atoms with Crippen LogP contribution in [-0.4, -0.2) is 42.8 Å². The molecule has 0 spiro atoms. The lowest BCUT2D eigenvalue weighted by atomic mass is 10.2. The number of nitrogens with zero attached hydrogens (tertiary/aromatic N) is 3. The van der Waals surface area contributed by atoms with Gasteiger partial charge in [-0.05, 0) is 30.3 Å². The number of amides is 1. The first kappa shape index (κ1) is 19.4. The number of nitrogens with one attached hydrogen (secondary N) is 1. The fourth-order valence-corrected chi connectivity index (χ4v) is 3.96. The van der Waals surface area contributed by atoms with Crippen molar-refractivity contribution in [2.75, 3.05) is 18.8 Å². The number of likely N-dealkylation sites (N-methyl/N-ethyl adjacent to an activating group) is 1. The lowest BCUT2D eigenvalue weighted by Crippen LogP contribution is -2.25. The first-order valence-corrected chi connectivity index (χ1v) is 9.72. The smallest absolute Gasteiger partial charge is 0.289 e. The maximum Gasteiger partial charge on any atom is 0.289 e. The summed E-state index contributed by atoms with van der Waals surface area (Å²) >= 11 is 0. The third kappa shape index (κ3) is 3.81. The Labute approximate surface area is 161 Å².